The summed E-state index contributed by atoms with van der Waals surface area (Å²) in [5.74, 6) is -0.523. The van der Waals surface area contributed by atoms with Crippen molar-refractivity contribution in [3.63, 3.8) is 0 Å². The molecule has 1 amide bonds. The molecule has 0 unspecified atom stereocenters. The summed E-state index contributed by atoms with van der Waals surface area (Å²) >= 11 is 6.03. The molecule has 2 aromatic carbocycles. The van der Waals surface area contributed by atoms with Crippen molar-refractivity contribution in [2.45, 2.75) is 0 Å². The lowest BCUT2D eigenvalue weighted by molar-refractivity contribution is -0.115. The minimum atomic E-state index is -0.523. The summed E-state index contributed by atoms with van der Waals surface area (Å²) in [6, 6.07) is 15.1. The third-order valence-corrected chi connectivity index (χ3v) is 3.81. The van der Waals surface area contributed by atoms with Crippen LogP contribution in [-0.4, -0.2) is 11.1 Å². The molecule has 0 aliphatic carbocycles. The van der Waals surface area contributed by atoms with Gasteiger partial charge in [-0.2, -0.15) is 0 Å². The van der Waals surface area contributed by atoms with Crippen LogP contribution in [0.3, 0.4) is 0 Å². The Balaban J connectivity index is 1.90. The normalized spacial score (nSPS) is 16.1. The number of fused-ring (bicyclic) bond motifs is 3. The van der Waals surface area contributed by atoms with Gasteiger partial charge in [0.05, 0.1) is 17.1 Å². The lowest BCUT2D eigenvalue weighted by Gasteiger charge is -2.22. The van der Waals surface area contributed by atoms with E-state index in [0.717, 1.165) is 16.9 Å². The Hall–Kier alpha value is -2.70. The van der Waals surface area contributed by atoms with Crippen LogP contribution in [0.25, 0.3) is 5.70 Å². The molecule has 110 valence electrons. The van der Waals surface area contributed by atoms with Crippen molar-refractivity contribution in [1.82, 2.24) is 10.7 Å². The molecule has 2 aliphatic rings. The van der Waals surface area contributed by atoms with Crippen LogP contribution in [0.1, 0.15) is 5.56 Å². The highest BCUT2D eigenvalue weighted by Gasteiger charge is 2.39. The first-order valence-corrected chi connectivity index (χ1v) is 7.05. The average Bonchev–Trinajstić information content (AvgIpc) is 3.03. The van der Waals surface area contributed by atoms with E-state index in [0.29, 0.717) is 16.4 Å². The summed E-state index contributed by atoms with van der Waals surface area (Å²) < 4.78 is 0. The van der Waals surface area contributed by atoms with Crippen molar-refractivity contribution in [3.8, 4) is 0 Å². The Morgan fingerprint density at radius 1 is 1.09 bits per heavy atom. The van der Waals surface area contributed by atoms with Gasteiger partial charge in [-0.05, 0) is 23.4 Å². The number of nitrogens with two attached hydrogens (primary N) is 1. The van der Waals surface area contributed by atoms with Gasteiger partial charge in [-0.1, -0.05) is 41.9 Å². The van der Waals surface area contributed by atoms with E-state index in [2.05, 4.69) is 10.9 Å². The van der Waals surface area contributed by atoms with Crippen LogP contribution >= 0.6 is 11.6 Å². The fourth-order valence-electron chi connectivity index (χ4n) is 2.65. The molecule has 0 aromatic heterocycles. The number of rotatable bonds is 2. The maximum atomic E-state index is 11.8. The van der Waals surface area contributed by atoms with Crippen LogP contribution < -0.4 is 21.6 Å². The zero-order valence-corrected chi connectivity index (χ0v) is 12.1. The molecule has 0 bridgehead atoms. The number of nitrogens with one attached hydrogen (secondary N) is 2. The highest BCUT2D eigenvalue weighted by atomic mass is 35.5. The van der Waals surface area contributed by atoms with Gasteiger partial charge in [0.25, 0.3) is 5.91 Å². The number of carbonyl (C=O) groups is 1. The molecule has 2 aromatic rings. The number of carbonyl (C=O) groups excluding carboxylic acids is 1. The molecular weight excluding hydrogens is 302 g/mol. The Morgan fingerprint density at radius 3 is 2.59 bits per heavy atom. The molecular formula is C15H12ClN5O. The summed E-state index contributed by atoms with van der Waals surface area (Å²) in [5.41, 5.74) is 15.3. The molecule has 0 spiro atoms. The van der Waals surface area contributed by atoms with Crippen molar-refractivity contribution in [3.05, 3.63) is 64.8 Å². The summed E-state index contributed by atoms with van der Waals surface area (Å²) in [4.78, 5) is 11.8. The van der Waals surface area contributed by atoms with Crippen LogP contribution in [0, 0.1) is 0 Å². The Kier molecular flexibility index (Phi) is 2.75. The van der Waals surface area contributed by atoms with E-state index < -0.39 is 5.91 Å². The largest absolute Gasteiger partial charge is 0.364 e. The molecule has 0 saturated carbocycles. The smallest absolute Gasteiger partial charge is 0.268 e. The highest BCUT2D eigenvalue weighted by Crippen LogP contribution is 2.43. The second-order valence-corrected chi connectivity index (χ2v) is 5.40. The molecule has 22 heavy (non-hydrogen) atoms. The van der Waals surface area contributed by atoms with Gasteiger partial charge < -0.3 is 5.73 Å². The van der Waals surface area contributed by atoms with Gasteiger partial charge in [-0.15, -0.1) is 0 Å². The number of amides is 1. The van der Waals surface area contributed by atoms with E-state index in [-0.39, 0.29) is 0 Å². The number of hydrogen-bond acceptors (Lipinski definition) is 5. The maximum Gasteiger partial charge on any atom is 0.268 e. The summed E-state index contributed by atoms with van der Waals surface area (Å²) in [6.07, 6.45) is 0. The third kappa shape index (κ3) is 1.82. The number of nitrogens with zero attached hydrogens (tertiary/aromatic N) is 2. The molecule has 2 aliphatic heterocycles. The molecule has 2 heterocycles. The minimum absolute atomic E-state index is 0.333. The fraction of sp³-hybridized carbons (Fsp3) is 0. The summed E-state index contributed by atoms with van der Waals surface area (Å²) in [7, 11) is 0. The lowest BCUT2D eigenvalue weighted by Crippen LogP contribution is -2.43. The van der Waals surface area contributed by atoms with E-state index in [1.165, 1.54) is 0 Å². The zero-order valence-electron chi connectivity index (χ0n) is 11.4. The quantitative estimate of drug-likeness (QED) is 0.791. The van der Waals surface area contributed by atoms with Gasteiger partial charge in [-0.3, -0.25) is 15.6 Å². The van der Waals surface area contributed by atoms with Crippen LogP contribution in [0.2, 0.25) is 5.02 Å². The molecule has 0 fully saturated rings. The van der Waals surface area contributed by atoms with Gasteiger partial charge in [0, 0.05) is 10.6 Å². The van der Waals surface area contributed by atoms with E-state index >= 15 is 0 Å². The van der Waals surface area contributed by atoms with Crippen LogP contribution in [0.4, 0.5) is 11.4 Å². The second-order valence-electron chi connectivity index (χ2n) is 4.96. The molecule has 0 radical (unpaired) electrons. The predicted molar refractivity (Wildman–Crippen MR) is 85.1 cm³/mol. The first-order chi connectivity index (χ1) is 10.6. The van der Waals surface area contributed by atoms with E-state index in [4.69, 9.17) is 17.3 Å². The Labute approximate surface area is 131 Å². The molecule has 0 saturated heterocycles. The fourth-order valence-corrected chi connectivity index (χ4v) is 2.82. The van der Waals surface area contributed by atoms with Gasteiger partial charge in [0.15, 0.2) is 0 Å². The Morgan fingerprint density at radius 2 is 1.86 bits per heavy atom. The molecule has 4 N–H and O–H groups in total. The van der Waals surface area contributed by atoms with Crippen LogP contribution in [0.15, 0.2) is 54.2 Å². The van der Waals surface area contributed by atoms with Crippen LogP contribution in [0.5, 0.6) is 0 Å². The average molecular weight is 314 g/mol. The van der Waals surface area contributed by atoms with Crippen LogP contribution in [-0.2, 0) is 4.79 Å². The molecule has 0 atom stereocenters. The first kappa shape index (κ1) is 13.0. The number of halogens is 1. The number of benzene rings is 2. The standard InChI is InChI=1S/C15H12ClN5O/c16-10-6-7-12-11(8-10)18-21-19-13(15(17)22)14(20(12)21)9-4-2-1-3-5-9/h1-8,18-19H,(H2,17,22). The van der Waals surface area contributed by atoms with Crippen molar-refractivity contribution in [2.75, 3.05) is 10.4 Å². The third-order valence-electron chi connectivity index (χ3n) is 3.57. The highest BCUT2D eigenvalue weighted by molar-refractivity contribution is 6.31. The monoisotopic (exact) mass is 313 g/mol. The number of hydrazine groups is 3. The maximum absolute atomic E-state index is 11.8. The number of hydrogen-bond donors (Lipinski definition) is 3. The lowest BCUT2D eigenvalue weighted by atomic mass is 10.1. The van der Waals surface area contributed by atoms with Crippen molar-refractivity contribution < 1.29 is 4.79 Å². The van der Waals surface area contributed by atoms with E-state index in [1.54, 1.807) is 11.3 Å². The minimum Gasteiger partial charge on any atom is -0.364 e. The number of anilines is 2. The van der Waals surface area contributed by atoms with Gasteiger partial charge >= 0.3 is 0 Å². The van der Waals surface area contributed by atoms with Crippen molar-refractivity contribution in [2.24, 2.45) is 5.73 Å². The molecule has 7 heteroatoms. The second kappa shape index (κ2) is 4.66. The summed E-state index contributed by atoms with van der Waals surface area (Å²) in [6.45, 7) is 0. The molecule has 6 nitrogen and oxygen atoms in total. The van der Waals surface area contributed by atoms with Gasteiger partial charge in [0.2, 0.25) is 0 Å². The predicted octanol–water partition coefficient (Wildman–Crippen LogP) is 2.08. The zero-order chi connectivity index (χ0) is 15.3. The van der Waals surface area contributed by atoms with Crippen molar-refractivity contribution >= 4 is 34.6 Å². The van der Waals surface area contributed by atoms with Gasteiger partial charge in [-0.25, -0.2) is 5.01 Å². The molecule has 4 rings (SSSR count). The van der Waals surface area contributed by atoms with Crippen molar-refractivity contribution in [1.29, 1.82) is 0 Å². The van der Waals surface area contributed by atoms with Gasteiger partial charge in [0.1, 0.15) is 5.70 Å². The SMILES string of the molecule is NC(=O)C1=C(c2ccccc2)N2c3ccc(Cl)cc3NN2N1. The number of primary amides is 1. The summed E-state index contributed by atoms with van der Waals surface area (Å²) in [5, 5.41) is 4.11. The first-order valence-electron chi connectivity index (χ1n) is 6.67. The van der Waals surface area contributed by atoms with E-state index in [1.807, 2.05) is 47.5 Å². The van der Waals surface area contributed by atoms with E-state index in [9.17, 15) is 4.79 Å². The Bertz CT molecular complexity index is 805. The topological polar surface area (TPSA) is 73.6 Å².